The van der Waals surface area contributed by atoms with Crippen molar-refractivity contribution in [1.29, 1.82) is 0 Å². The average Bonchev–Trinajstić information content (AvgIpc) is 3.42. The van der Waals surface area contributed by atoms with Gasteiger partial charge in [-0.25, -0.2) is 14.6 Å². The van der Waals surface area contributed by atoms with Crippen LogP contribution in [0.3, 0.4) is 0 Å². The zero-order valence-electron chi connectivity index (χ0n) is 14.5. The maximum absolute atomic E-state index is 5.76. The number of thiazole rings is 1. The van der Waals surface area contributed by atoms with E-state index >= 15 is 0 Å². The van der Waals surface area contributed by atoms with Gasteiger partial charge in [0.2, 0.25) is 5.89 Å². The summed E-state index contributed by atoms with van der Waals surface area (Å²) in [5, 5.41) is 15.5. The van der Waals surface area contributed by atoms with Crippen LogP contribution in [0.25, 0.3) is 0 Å². The van der Waals surface area contributed by atoms with E-state index in [9.17, 15) is 0 Å². The summed E-state index contributed by atoms with van der Waals surface area (Å²) in [6.45, 7) is 2.92. The van der Waals surface area contributed by atoms with Gasteiger partial charge >= 0.3 is 0 Å². The number of aryl methyl sites for hydroxylation is 1. The molecule has 4 rings (SSSR count). The number of hydrogen-bond acceptors (Lipinski definition) is 9. The predicted octanol–water partition coefficient (Wildman–Crippen LogP) is 3.35. The lowest BCUT2D eigenvalue weighted by atomic mass is 10.2. The van der Waals surface area contributed by atoms with Crippen molar-refractivity contribution in [2.75, 3.05) is 0 Å². The number of ether oxygens (including phenoxy) is 1. The lowest BCUT2D eigenvalue weighted by Crippen LogP contribution is -1.99. The molecule has 3 heterocycles. The normalized spacial score (nSPS) is 11.0. The molecule has 0 unspecified atom stereocenters. The molecule has 8 nitrogen and oxygen atoms in total. The van der Waals surface area contributed by atoms with Crippen LogP contribution in [0.15, 0.2) is 51.9 Å². The summed E-state index contributed by atoms with van der Waals surface area (Å²) in [6, 6.07) is 7.99. The first-order chi connectivity index (χ1) is 13.2. The molecule has 0 saturated carbocycles. The van der Waals surface area contributed by atoms with Crippen molar-refractivity contribution in [3.63, 3.8) is 0 Å². The number of benzene rings is 1. The highest BCUT2D eigenvalue weighted by Crippen LogP contribution is 2.23. The molecule has 138 valence electrons. The largest absolute Gasteiger partial charge is 0.486 e. The summed E-state index contributed by atoms with van der Waals surface area (Å²) in [5.74, 6) is 2.00. The Hall–Kier alpha value is -2.72. The molecule has 10 heteroatoms. The third kappa shape index (κ3) is 4.92. The summed E-state index contributed by atoms with van der Waals surface area (Å²) < 4.78 is 13.0. The van der Waals surface area contributed by atoms with Gasteiger partial charge < -0.3 is 9.15 Å². The summed E-state index contributed by atoms with van der Waals surface area (Å²) in [4.78, 5) is 8.47. The summed E-state index contributed by atoms with van der Waals surface area (Å²) in [6.07, 6.45) is 3.07. The lowest BCUT2D eigenvalue weighted by molar-refractivity contribution is 0.305. The fourth-order valence-corrected chi connectivity index (χ4v) is 3.69. The van der Waals surface area contributed by atoms with Crippen LogP contribution >= 0.6 is 23.1 Å². The standard InChI is InChI=1S/C17H16N6O2S2/c1-12-2-4-14(5-3-12)24-7-16-20-13(8-26-16)9-27-17-22-21-15(25-17)6-23-11-18-10-19-23/h2-5,8,10-11H,6-7,9H2,1H3. The molecular weight excluding hydrogens is 384 g/mol. The molecule has 0 amide bonds. The van der Waals surface area contributed by atoms with Gasteiger partial charge in [-0.2, -0.15) is 5.10 Å². The highest BCUT2D eigenvalue weighted by Gasteiger charge is 2.10. The van der Waals surface area contributed by atoms with Gasteiger partial charge in [-0.1, -0.05) is 29.5 Å². The van der Waals surface area contributed by atoms with Gasteiger partial charge in [-0.15, -0.1) is 21.5 Å². The molecule has 4 aromatic rings. The zero-order valence-corrected chi connectivity index (χ0v) is 16.1. The van der Waals surface area contributed by atoms with Crippen LogP contribution in [-0.2, 0) is 18.9 Å². The molecule has 0 spiro atoms. The van der Waals surface area contributed by atoms with E-state index < -0.39 is 0 Å². The van der Waals surface area contributed by atoms with Crippen LogP contribution in [0, 0.1) is 6.92 Å². The first kappa shape index (κ1) is 17.7. The van der Waals surface area contributed by atoms with Crippen molar-refractivity contribution in [2.24, 2.45) is 0 Å². The van der Waals surface area contributed by atoms with Crippen LogP contribution in [0.1, 0.15) is 22.2 Å². The van der Waals surface area contributed by atoms with E-state index in [0.29, 0.717) is 30.0 Å². The maximum Gasteiger partial charge on any atom is 0.277 e. The highest BCUT2D eigenvalue weighted by molar-refractivity contribution is 7.98. The van der Waals surface area contributed by atoms with Gasteiger partial charge in [-0.3, -0.25) is 0 Å². The van der Waals surface area contributed by atoms with E-state index in [1.807, 2.05) is 29.6 Å². The molecule has 0 fully saturated rings. The van der Waals surface area contributed by atoms with E-state index in [0.717, 1.165) is 16.5 Å². The van der Waals surface area contributed by atoms with Crippen LogP contribution in [0.5, 0.6) is 5.75 Å². The summed E-state index contributed by atoms with van der Waals surface area (Å²) >= 11 is 3.03. The second-order valence-electron chi connectivity index (χ2n) is 5.68. The van der Waals surface area contributed by atoms with Crippen molar-refractivity contribution in [1.82, 2.24) is 29.9 Å². The number of nitrogens with zero attached hydrogens (tertiary/aromatic N) is 6. The Morgan fingerprint density at radius 1 is 1.22 bits per heavy atom. The minimum atomic E-state index is 0.407. The molecule has 0 saturated heterocycles. The van der Waals surface area contributed by atoms with E-state index in [4.69, 9.17) is 9.15 Å². The van der Waals surface area contributed by atoms with Gasteiger partial charge in [0.25, 0.3) is 5.22 Å². The van der Waals surface area contributed by atoms with Crippen LogP contribution in [0.4, 0.5) is 0 Å². The highest BCUT2D eigenvalue weighted by atomic mass is 32.2. The quantitative estimate of drug-likeness (QED) is 0.416. The number of rotatable bonds is 8. The second kappa shape index (κ2) is 8.31. The molecule has 0 radical (unpaired) electrons. The van der Waals surface area contributed by atoms with Crippen molar-refractivity contribution in [2.45, 2.75) is 31.1 Å². The molecular formula is C17H16N6O2S2. The van der Waals surface area contributed by atoms with Crippen LogP contribution in [-0.4, -0.2) is 29.9 Å². The van der Waals surface area contributed by atoms with Crippen molar-refractivity contribution < 1.29 is 9.15 Å². The third-order valence-electron chi connectivity index (χ3n) is 3.54. The Labute approximate surface area is 163 Å². The lowest BCUT2D eigenvalue weighted by Gasteiger charge is -2.03. The monoisotopic (exact) mass is 400 g/mol. The van der Waals surface area contributed by atoms with Gasteiger partial charge in [0.05, 0.1) is 5.69 Å². The van der Waals surface area contributed by atoms with E-state index in [1.165, 1.54) is 23.7 Å². The zero-order chi connectivity index (χ0) is 18.5. The molecule has 0 bridgehead atoms. The number of thioether (sulfide) groups is 1. The molecule has 27 heavy (non-hydrogen) atoms. The summed E-state index contributed by atoms with van der Waals surface area (Å²) in [7, 11) is 0. The maximum atomic E-state index is 5.76. The Kier molecular flexibility index (Phi) is 5.45. The van der Waals surface area contributed by atoms with Gasteiger partial charge in [-0.05, 0) is 19.1 Å². The minimum absolute atomic E-state index is 0.407. The molecule has 0 aliphatic rings. The Morgan fingerprint density at radius 2 is 2.11 bits per heavy atom. The van der Waals surface area contributed by atoms with Crippen molar-refractivity contribution in [3.05, 3.63) is 64.5 Å². The number of hydrogen-bond donors (Lipinski definition) is 0. The first-order valence-corrected chi connectivity index (χ1v) is 10.0. The third-order valence-corrected chi connectivity index (χ3v) is 5.26. The summed E-state index contributed by atoms with van der Waals surface area (Å²) in [5.41, 5.74) is 2.17. The van der Waals surface area contributed by atoms with E-state index in [-0.39, 0.29) is 0 Å². The Bertz CT molecular complexity index is 981. The van der Waals surface area contributed by atoms with Crippen molar-refractivity contribution in [3.8, 4) is 5.75 Å². The topological polar surface area (TPSA) is 91.8 Å². The minimum Gasteiger partial charge on any atom is -0.486 e. The van der Waals surface area contributed by atoms with E-state index in [1.54, 1.807) is 22.3 Å². The molecule has 3 aromatic heterocycles. The SMILES string of the molecule is Cc1ccc(OCc2nc(CSc3nnc(Cn4cncn4)o3)cs2)cc1. The van der Waals surface area contributed by atoms with Gasteiger partial charge in [0.15, 0.2) is 0 Å². The second-order valence-corrected chi connectivity index (χ2v) is 7.55. The molecule has 0 atom stereocenters. The fraction of sp³-hybridized carbons (Fsp3) is 0.235. The Morgan fingerprint density at radius 3 is 2.93 bits per heavy atom. The molecule has 0 N–H and O–H groups in total. The van der Waals surface area contributed by atoms with Crippen LogP contribution in [0.2, 0.25) is 0 Å². The molecule has 0 aliphatic heterocycles. The first-order valence-electron chi connectivity index (χ1n) is 8.15. The smallest absolute Gasteiger partial charge is 0.277 e. The Balaban J connectivity index is 1.27. The molecule has 1 aromatic carbocycles. The van der Waals surface area contributed by atoms with E-state index in [2.05, 4.69) is 32.2 Å². The average molecular weight is 400 g/mol. The predicted molar refractivity (Wildman–Crippen MR) is 101 cm³/mol. The van der Waals surface area contributed by atoms with Gasteiger partial charge in [0, 0.05) is 11.1 Å². The molecule has 0 aliphatic carbocycles. The van der Waals surface area contributed by atoms with Crippen molar-refractivity contribution >= 4 is 23.1 Å². The number of aromatic nitrogens is 6. The fourth-order valence-electron chi connectivity index (χ4n) is 2.21. The van der Waals surface area contributed by atoms with Gasteiger partial charge in [0.1, 0.15) is 36.6 Å². The van der Waals surface area contributed by atoms with Crippen LogP contribution < -0.4 is 4.74 Å².